The number of halogens is 4. The highest BCUT2D eigenvalue weighted by Crippen LogP contribution is 2.35. The quantitative estimate of drug-likeness (QED) is 0.386. The molecule has 6 nitrogen and oxygen atoms in total. The summed E-state index contributed by atoms with van der Waals surface area (Å²) in [4.78, 5) is 15.8. The minimum Gasteiger partial charge on any atom is -0.494 e. The van der Waals surface area contributed by atoms with E-state index in [1.54, 1.807) is 32.0 Å². The number of hydrogen-bond donors (Lipinski definition) is 1. The number of alkyl halides is 3. The Morgan fingerprint density at radius 1 is 0.970 bits per heavy atom. The minimum absolute atomic E-state index is 0.347. The van der Waals surface area contributed by atoms with E-state index in [1.165, 1.54) is 19.2 Å². The molecule has 2 heterocycles. The van der Waals surface area contributed by atoms with Crippen LogP contribution in [0.5, 0.6) is 5.75 Å². The molecule has 2 aromatic heterocycles. The van der Waals surface area contributed by atoms with Crippen molar-refractivity contribution in [1.82, 2.24) is 19.9 Å². The van der Waals surface area contributed by atoms with Crippen molar-refractivity contribution in [2.24, 2.45) is 0 Å². The largest absolute Gasteiger partial charge is 0.494 e. The zero-order chi connectivity index (χ0) is 23.8. The van der Waals surface area contributed by atoms with Crippen LogP contribution in [0.1, 0.15) is 30.2 Å². The van der Waals surface area contributed by atoms with Crippen LogP contribution in [-0.2, 0) is 6.18 Å². The van der Waals surface area contributed by atoms with Crippen LogP contribution in [0.15, 0.2) is 48.8 Å². The number of nitrogens with zero attached hydrogens (tertiary/aromatic N) is 4. The van der Waals surface area contributed by atoms with Crippen molar-refractivity contribution >= 4 is 16.7 Å². The van der Waals surface area contributed by atoms with E-state index < -0.39 is 18.0 Å². The van der Waals surface area contributed by atoms with Crippen molar-refractivity contribution in [2.75, 3.05) is 12.4 Å². The van der Waals surface area contributed by atoms with Crippen molar-refractivity contribution in [1.29, 1.82) is 0 Å². The first kappa shape index (κ1) is 22.4. The molecule has 0 aliphatic rings. The number of benzene rings is 2. The molecule has 0 radical (unpaired) electrons. The Morgan fingerprint density at radius 3 is 2.24 bits per heavy atom. The van der Waals surface area contributed by atoms with Crippen LogP contribution in [0.25, 0.3) is 22.0 Å². The monoisotopic (exact) mass is 457 g/mol. The van der Waals surface area contributed by atoms with Crippen molar-refractivity contribution in [3.63, 3.8) is 0 Å². The van der Waals surface area contributed by atoms with E-state index in [0.717, 1.165) is 23.5 Å². The van der Waals surface area contributed by atoms with Crippen LogP contribution in [0, 0.1) is 12.7 Å². The number of hydrogen-bond acceptors (Lipinski definition) is 6. The van der Waals surface area contributed by atoms with Gasteiger partial charge in [0.15, 0.2) is 0 Å². The SMILES string of the molecule is COc1cc(-c2ccc(F)cc2)cc2c(NC(C)c3cnc(C(F)(F)F)nc3)nc(C)nc12. The fourth-order valence-corrected chi connectivity index (χ4v) is 3.38. The van der Waals surface area contributed by atoms with Crippen molar-refractivity contribution in [3.8, 4) is 16.9 Å². The lowest BCUT2D eigenvalue weighted by molar-refractivity contribution is -0.145. The summed E-state index contributed by atoms with van der Waals surface area (Å²) in [5, 5.41) is 3.85. The molecule has 1 unspecified atom stereocenters. The van der Waals surface area contributed by atoms with E-state index in [0.29, 0.717) is 33.9 Å². The Bertz CT molecular complexity index is 1290. The number of ether oxygens (including phenoxy) is 1. The Balaban J connectivity index is 1.76. The summed E-state index contributed by atoms with van der Waals surface area (Å²) in [6.45, 7) is 3.49. The van der Waals surface area contributed by atoms with Gasteiger partial charge in [-0.2, -0.15) is 13.2 Å². The van der Waals surface area contributed by atoms with Crippen molar-refractivity contribution in [2.45, 2.75) is 26.1 Å². The van der Waals surface area contributed by atoms with Crippen molar-refractivity contribution < 1.29 is 22.3 Å². The summed E-state index contributed by atoms with van der Waals surface area (Å²) >= 11 is 0. The Hall–Kier alpha value is -3.82. The number of methoxy groups -OCH3 is 1. The number of nitrogens with one attached hydrogen (secondary N) is 1. The third kappa shape index (κ3) is 4.69. The summed E-state index contributed by atoms with van der Waals surface area (Å²) in [5.41, 5.74) is 2.55. The van der Waals surface area contributed by atoms with Gasteiger partial charge in [-0.05, 0) is 49.2 Å². The van der Waals surface area contributed by atoms with E-state index in [1.807, 2.05) is 6.07 Å². The zero-order valence-electron chi connectivity index (χ0n) is 17.9. The Morgan fingerprint density at radius 2 is 1.64 bits per heavy atom. The molecule has 0 saturated heterocycles. The molecule has 170 valence electrons. The molecule has 1 N–H and O–H groups in total. The molecule has 0 aliphatic heterocycles. The second-order valence-electron chi connectivity index (χ2n) is 7.40. The van der Waals surface area contributed by atoms with Crippen LogP contribution >= 0.6 is 0 Å². The first-order chi connectivity index (χ1) is 15.7. The highest BCUT2D eigenvalue weighted by Gasteiger charge is 2.34. The summed E-state index contributed by atoms with van der Waals surface area (Å²) in [5.74, 6) is -0.0948. The number of anilines is 1. The maximum absolute atomic E-state index is 13.4. The number of fused-ring (bicyclic) bond motifs is 1. The van der Waals surface area contributed by atoms with Gasteiger partial charge in [-0.3, -0.25) is 0 Å². The maximum Gasteiger partial charge on any atom is 0.451 e. The smallest absolute Gasteiger partial charge is 0.451 e. The second-order valence-corrected chi connectivity index (χ2v) is 7.40. The molecule has 0 aliphatic carbocycles. The predicted octanol–water partition coefficient (Wildman–Crippen LogP) is 5.73. The normalized spacial score (nSPS) is 12.6. The molecule has 10 heteroatoms. The van der Waals surface area contributed by atoms with Crippen LogP contribution in [0.4, 0.5) is 23.4 Å². The Kier molecular flexibility index (Phi) is 5.84. The van der Waals surface area contributed by atoms with E-state index in [4.69, 9.17) is 4.74 Å². The van der Waals surface area contributed by atoms with Gasteiger partial charge in [0.1, 0.15) is 28.7 Å². The summed E-state index contributed by atoms with van der Waals surface area (Å²) in [6, 6.07) is 9.24. The number of rotatable bonds is 5. The average Bonchev–Trinajstić information content (AvgIpc) is 2.78. The van der Waals surface area contributed by atoms with E-state index in [9.17, 15) is 17.6 Å². The van der Waals surface area contributed by atoms with Crippen LogP contribution in [0.3, 0.4) is 0 Å². The standard InChI is InChI=1S/C23H19F4N5O/c1-12(16-10-28-22(29-11-16)23(25,26)27)30-21-18-8-15(14-4-6-17(24)7-5-14)9-19(33-3)20(18)31-13(2)32-21/h4-12H,1-3H3,(H,30,31,32). The third-order valence-electron chi connectivity index (χ3n) is 5.05. The van der Waals surface area contributed by atoms with Crippen LogP contribution in [0.2, 0.25) is 0 Å². The zero-order valence-corrected chi connectivity index (χ0v) is 17.9. The van der Waals surface area contributed by atoms with Crippen LogP contribution < -0.4 is 10.1 Å². The fourth-order valence-electron chi connectivity index (χ4n) is 3.38. The Labute approximate surface area is 186 Å². The van der Waals surface area contributed by atoms with Gasteiger partial charge in [-0.15, -0.1) is 0 Å². The maximum atomic E-state index is 13.4. The van der Waals surface area contributed by atoms with E-state index in [-0.39, 0.29) is 5.82 Å². The molecule has 0 fully saturated rings. The van der Waals surface area contributed by atoms with Gasteiger partial charge in [0.25, 0.3) is 0 Å². The van der Waals surface area contributed by atoms with Gasteiger partial charge >= 0.3 is 6.18 Å². The van der Waals surface area contributed by atoms with Gasteiger partial charge in [0.2, 0.25) is 5.82 Å². The highest BCUT2D eigenvalue weighted by atomic mass is 19.4. The molecule has 0 saturated carbocycles. The topological polar surface area (TPSA) is 72.8 Å². The molecular formula is C23H19F4N5O. The minimum atomic E-state index is -4.61. The van der Waals surface area contributed by atoms with Gasteiger partial charge in [0, 0.05) is 23.3 Å². The number of aromatic nitrogens is 4. The third-order valence-corrected chi connectivity index (χ3v) is 5.05. The second kappa shape index (κ2) is 8.61. The number of aryl methyl sites for hydroxylation is 1. The van der Waals surface area contributed by atoms with Crippen molar-refractivity contribution in [3.05, 3.63) is 71.8 Å². The molecule has 1 atom stereocenters. The van der Waals surface area contributed by atoms with E-state index in [2.05, 4.69) is 25.3 Å². The summed E-state index contributed by atoms with van der Waals surface area (Å²) in [6.07, 6.45) is -2.34. The summed E-state index contributed by atoms with van der Waals surface area (Å²) < 4.78 is 57.2. The molecule has 2 aromatic carbocycles. The fraction of sp³-hybridized carbons (Fsp3) is 0.217. The molecular weight excluding hydrogens is 438 g/mol. The first-order valence-electron chi connectivity index (χ1n) is 9.93. The molecule has 33 heavy (non-hydrogen) atoms. The van der Waals surface area contributed by atoms with E-state index >= 15 is 0 Å². The lowest BCUT2D eigenvalue weighted by Crippen LogP contribution is -2.14. The molecule has 0 amide bonds. The highest BCUT2D eigenvalue weighted by molar-refractivity contribution is 5.96. The van der Waals surface area contributed by atoms with Crippen LogP contribution in [-0.4, -0.2) is 27.0 Å². The molecule has 0 spiro atoms. The molecule has 0 bridgehead atoms. The predicted molar refractivity (Wildman–Crippen MR) is 115 cm³/mol. The average molecular weight is 457 g/mol. The molecule has 4 aromatic rings. The molecule has 4 rings (SSSR count). The first-order valence-corrected chi connectivity index (χ1v) is 9.93. The van der Waals surface area contributed by atoms with Gasteiger partial charge in [-0.25, -0.2) is 24.3 Å². The van der Waals surface area contributed by atoms with Gasteiger partial charge in [0.05, 0.1) is 13.2 Å². The van der Waals surface area contributed by atoms with Gasteiger partial charge < -0.3 is 10.1 Å². The lowest BCUT2D eigenvalue weighted by atomic mass is 10.0. The summed E-state index contributed by atoms with van der Waals surface area (Å²) in [7, 11) is 1.52. The van der Waals surface area contributed by atoms with Gasteiger partial charge in [-0.1, -0.05) is 12.1 Å². The lowest BCUT2D eigenvalue weighted by Gasteiger charge is -2.18.